The minimum Gasteiger partial charge on any atom is -0.351 e. The second-order valence-electron chi connectivity index (χ2n) is 15.2. The highest BCUT2D eigenvalue weighted by Gasteiger charge is 2.83. The van der Waals surface area contributed by atoms with E-state index in [1.54, 1.807) is 0 Å². The molecule has 0 unspecified atom stereocenters. The van der Waals surface area contributed by atoms with E-state index >= 15 is 0 Å². The Morgan fingerprint density at radius 1 is 0.226 bits per heavy atom. The van der Waals surface area contributed by atoms with Crippen molar-refractivity contribution in [1.82, 2.24) is 0 Å². The van der Waals surface area contributed by atoms with Crippen molar-refractivity contribution in [3.05, 3.63) is 0 Å². The lowest BCUT2D eigenvalue weighted by molar-refractivity contribution is -0.396. The zero-order valence-electron chi connectivity index (χ0n) is 32.1. The van der Waals surface area contributed by atoms with E-state index < -0.39 is 119 Å². The van der Waals surface area contributed by atoms with Crippen molar-refractivity contribution < 1.29 is 119 Å². The standard InChI is InChI=1S/C33H44F27NSi/c34-22(35,25(40,41)28(46,47)31(52,53)54)16-10-4-1-7-13-19-62(61,20-14-8-2-5-11-17-23(36,37)26(42,43)29(48,49)32(55,56)57)21-15-9-3-6-12-18-24(38,39)27(44,45)30(50,51)33(58,59)60/h1-21,61H2. The zero-order chi connectivity index (χ0) is 49.3. The topological polar surface area (TPSA) is 26.0 Å². The summed E-state index contributed by atoms with van der Waals surface area (Å²) < 4.78 is 352. The van der Waals surface area contributed by atoms with E-state index in [1.165, 1.54) is 0 Å². The average molecular weight is 996 g/mol. The predicted molar refractivity (Wildman–Crippen MR) is 170 cm³/mol. The molecule has 0 rings (SSSR count). The lowest BCUT2D eigenvalue weighted by atomic mass is 9.98. The molecule has 0 aliphatic rings. The van der Waals surface area contributed by atoms with Gasteiger partial charge in [-0.25, -0.2) is 0 Å². The summed E-state index contributed by atoms with van der Waals surface area (Å²) in [6.45, 7) is 0. The maximum absolute atomic E-state index is 13.8. The van der Waals surface area contributed by atoms with Crippen LogP contribution in [0.25, 0.3) is 0 Å². The van der Waals surface area contributed by atoms with E-state index in [-0.39, 0.29) is 95.2 Å². The lowest BCUT2D eigenvalue weighted by Crippen LogP contribution is -2.60. The second kappa shape index (κ2) is 21.3. The lowest BCUT2D eigenvalue weighted by Gasteiger charge is -2.33. The molecule has 0 amide bonds. The van der Waals surface area contributed by atoms with Crippen molar-refractivity contribution in [2.75, 3.05) is 0 Å². The van der Waals surface area contributed by atoms with Gasteiger partial charge in [0.15, 0.2) is 0 Å². The minimum atomic E-state index is -7.06. The number of alkyl halides is 27. The quantitative estimate of drug-likeness (QED) is 0.0433. The third-order valence-corrected chi connectivity index (χ3v) is 14.2. The van der Waals surface area contributed by atoms with Crippen LogP contribution in [0, 0.1) is 0 Å². The van der Waals surface area contributed by atoms with Gasteiger partial charge in [0, 0.05) is 19.3 Å². The molecule has 0 aromatic carbocycles. The number of nitrogens with two attached hydrogens (primary N) is 1. The Morgan fingerprint density at radius 2 is 0.387 bits per heavy atom. The Bertz CT molecular complexity index is 1170. The Balaban J connectivity index is 5.32. The Morgan fingerprint density at radius 3 is 0.565 bits per heavy atom. The molecule has 1 nitrogen and oxygen atoms in total. The first-order valence-electron chi connectivity index (χ1n) is 18.8. The van der Waals surface area contributed by atoms with Crippen molar-refractivity contribution >= 4 is 8.24 Å². The third kappa shape index (κ3) is 14.4. The SMILES string of the molecule is N[Si](CCCCCCCC(F)(F)C(F)(F)C(F)(F)C(F)(F)F)(CCCCCCCC(F)(F)C(F)(F)C(F)(F)C(F)(F)F)CCCCCCCC(F)(F)C(F)(F)C(F)(F)C(F)(F)F. The molecule has 0 radical (unpaired) electrons. The van der Waals surface area contributed by atoms with Crippen LogP contribution >= 0.6 is 0 Å². The monoisotopic (exact) mass is 995 g/mol. The van der Waals surface area contributed by atoms with E-state index in [1.807, 2.05) is 0 Å². The molecule has 62 heavy (non-hydrogen) atoms. The van der Waals surface area contributed by atoms with E-state index in [4.69, 9.17) is 5.40 Å². The molecule has 374 valence electrons. The van der Waals surface area contributed by atoms with Gasteiger partial charge in [-0.15, -0.1) is 0 Å². The van der Waals surface area contributed by atoms with Gasteiger partial charge >= 0.3 is 71.8 Å². The number of hydrogen-bond acceptors (Lipinski definition) is 1. The molecule has 0 fully saturated rings. The molecule has 0 bridgehead atoms. The van der Waals surface area contributed by atoms with Gasteiger partial charge in [-0.1, -0.05) is 77.0 Å². The Kier molecular flexibility index (Phi) is 20.7. The summed E-state index contributed by atoms with van der Waals surface area (Å²) in [5, 5.41) is 6.57. The van der Waals surface area contributed by atoms with Crippen LogP contribution in [-0.4, -0.2) is 80.1 Å². The van der Waals surface area contributed by atoms with E-state index in [2.05, 4.69) is 0 Å². The molecular weight excluding hydrogens is 951 g/mol. The smallest absolute Gasteiger partial charge is 0.351 e. The van der Waals surface area contributed by atoms with Crippen molar-refractivity contribution in [3.8, 4) is 0 Å². The summed E-state index contributed by atoms with van der Waals surface area (Å²) in [6, 6.07) is 0.507. The average Bonchev–Trinajstić information content (AvgIpc) is 3.08. The van der Waals surface area contributed by atoms with Gasteiger partial charge < -0.3 is 5.40 Å². The molecule has 0 saturated heterocycles. The second-order valence-corrected chi connectivity index (χ2v) is 19.4. The molecule has 0 aliphatic heterocycles. The number of halogens is 27. The van der Waals surface area contributed by atoms with Crippen molar-refractivity contribution in [2.45, 2.75) is 206 Å². The highest BCUT2D eigenvalue weighted by atomic mass is 28.3. The molecule has 0 aromatic rings. The molecule has 0 saturated carbocycles. The van der Waals surface area contributed by atoms with E-state index in [0.717, 1.165) is 0 Å². The fraction of sp³-hybridized carbons (Fsp3) is 1.00. The molecule has 0 aromatic heterocycles. The van der Waals surface area contributed by atoms with Gasteiger partial charge in [0.1, 0.15) is 8.24 Å². The zero-order valence-corrected chi connectivity index (χ0v) is 33.1. The maximum Gasteiger partial charge on any atom is 0.460 e. The van der Waals surface area contributed by atoms with E-state index in [0.29, 0.717) is 0 Å². The summed E-state index contributed by atoms with van der Waals surface area (Å²) in [5.74, 6) is -58.8. The van der Waals surface area contributed by atoms with Gasteiger partial charge in [0.25, 0.3) is 0 Å². The van der Waals surface area contributed by atoms with E-state index in [9.17, 15) is 119 Å². The normalized spacial score (nSPS) is 15.5. The summed E-state index contributed by atoms with van der Waals surface area (Å²) in [5.41, 5.74) is 0. The van der Waals surface area contributed by atoms with Gasteiger partial charge in [0.2, 0.25) is 0 Å². The first-order chi connectivity index (χ1) is 27.4. The van der Waals surface area contributed by atoms with Gasteiger partial charge in [-0.05, 0) is 37.4 Å². The highest BCUT2D eigenvalue weighted by molar-refractivity contribution is 6.76. The number of hydrogen-bond donors (Lipinski definition) is 1. The largest absolute Gasteiger partial charge is 0.460 e. The summed E-state index contributed by atoms with van der Waals surface area (Å²) in [4.78, 5) is 0. The van der Waals surface area contributed by atoms with Crippen LogP contribution in [-0.2, 0) is 0 Å². The van der Waals surface area contributed by atoms with Gasteiger partial charge in [-0.2, -0.15) is 119 Å². The first-order valence-corrected chi connectivity index (χ1v) is 21.5. The van der Waals surface area contributed by atoms with Gasteiger partial charge in [0.05, 0.1) is 0 Å². The van der Waals surface area contributed by atoms with Crippen molar-refractivity contribution in [1.29, 1.82) is 0 Å². The molecule has 0 heterocycles. The van der Waals surface area contributed by atoms with Crippen LogP contribution in [0.2, 0.25) is 18.1 Å². The highest BCUT2D eigenvalue weighted by Crippen LogP contribution is 2.57. The Hall–Kier alpha value is -1.71. The molecule has 29 heteroatoms. The molecule has 0 spiro atoms. The van der Waals surface area contributed by atoms with Gasteiger partial charge in [-0.3, -0.25) is 0 Å². The molecule has 0 aliphatic carbocycles. The summed E-state index contributed by atoms with van der Waals surface area (Å²) in [6.07, 6.45) is -30.4. The van der Waals surface area contributed by atoms with Crippen LogP contribution in [0.5, 0.6) is 0 Å². The van der Waals surface area contributed by atoms with Crippen molar-refractivity contribution in [2.24, 2.45) is 5.40 Å². The Labute approximate surface area is 338 Å². The van der Waals surface area contributed by atoms with Crippen LogP contribution < -0.4 is 5.40 Å². The minimum absolute atomic E-state index is 0.0566. The van der Waals surface area contributed by atoms with Crippen LogP contribution in [0.3, 0.4) is 0 Å². The van der Waals surface area contributed by atoms with Crippen molar-refractivity contribution in [3.63, 3.8) is 0 Å². The summed E-state index contributed by atoms with van der Waals surface area (Å²) >= 11 is 0. The van der Waals surface area contributed by atoms with Crippen LogP contribution in [0.1, 0.15) is 116 Å². The fourth-order valence-electron chi connectivity index (χ4n) is 6.13. The maximum atomic E-state index is 13.8. The molecule has 0 atom stereocenters. The third-order valence-electron chi connectivity index (χ3n) is 10.1. The predicted octanol–water partition coefficient (Wildman–Crippen LogP) is 16.3. The first kappa shape index (κ1) is 60.3. The van der Waals surface area contributed by atoms with Crippen LogP contribution in [0.15, 0.2) is 0 Å². The van der Waals surface area contributed by atoms with Crippen LogP contribution in [0.4, 0.5) is 119 Å². The molecular formula is C33H44F27NSi. The molecule has 2 N–H and O–H groups in total. The number of unbranched alkanes of at least 4 members (excludes halogenated alkanes) is 12. The number of rotatable bonds is 30. The fourth-order valence-corrected chi connectivity index (χ4v) is 9.74. The summed E-state index contributed by atoms with van der Waals surface area (Å²) in [7, 11) is -2.96.